The summed E-state index contributed by atoms with van der Waals surface area (Å²) in [5.74, 6) is -0.956. The van der Waals surface area contributed by atoms with Gasteiger partial charge in [0.2, 0.25) is 5.91 Å². The number of hydrogen-bond donors (Lipinski definition) is 1. The Hall–Kier alpha value is -0.370. The molecule has 0 aliphatic carbocycles. The average molecular weight is 312 g/mol. The zero-order valence-electron chi connectivity index (χ0n) is 7.78. The monoisotopic (exact) mass is 312 g/mol. The Balaban J connectivity index is 2.27. The molecule has 1 amide bonds. The third kappa shape index (κ3) is 3.79. The Kier molecular flexibility index (Phi) is 4.59. The predicted octanol–water partition coefficient (Wildman–Crippen LogP) is 0.345. The molecule has 1 saturated heterocycles. The maximum Gasteiger partial charge on any atom is 0.303 e. The summed E-state index contributed by atoms with van der Waals surface area (Å²) < 4.78 is 2.12. The molecule has 5 nitrogen and oxygen atoms in total. The molecule has 1 heterocycles. The fourth-order valence-electron chi connectivity index (χ4n) is 1.30. The van der Waals surface area contributed by atoms with E-state index in [1.54, 1.807) is 4.90 Å². The molecule has 1 N–H and O–H groups in total. The summed E-state index contributed by atoms with van der Waals surface area (Å²) in [6.45, 7) is 3.14. The minimum Gasteiger partial charge on any atom is -0.481 e. The van der Waals surface area contributed by atoms with Crippen molar-refractivity contribution in [2.24, 2.45) is 0 Å². The van der Waals surface area contributed by atoms with E-state index in [9.17, 15) is 9.59 Å². The number of carboxylic acid groups (broad SMARTS) is 1. The summed E-state index contributed by atoms with van der Waals surface area (Å²) in [5.41, 5.74) is 0. The van der Waals surface area contributed by atoms with Crippen molar-refractivity contribution in [1.29, 1.82) is 0 Å². The van der Waals surface area contributed by atoms with Gasteiger partial charge in [-0.1, -0.05) is 0 Å². The van der Waals surface area contributed by atoms with Gasteiger partial charge in [0, 0.05) is 55.5 Å². The van der Waals surface area contributed by atoms with Crippen LogP contribution in [0, 0.1) is 0 Å². The second-order valence-corrected chi connectivity index (χ2v) is 4.55. The molecule has 1 aliphatic heterocycles. The van der Waals surface area contributed by atoms with E-state index in [1.807, 2.05) is 0 Å². The van der Waals surface area contributed by atoms with Crippen molar-refractivity contribution in [2.45, 2.75) is 12.8 Å². The van der Waals surface area contributed by atoms with Crippen LogP contribution in [0.25, 0.3) is 0 Å². The van der Waals surface area contributed by atoms with E-state index < -0.39 is 5.97 Å². The minimum absolute atomic E-state index is 0.0445. The lowest BCUT2D eigenvalue weighted by atomic mass is 10.2. The van der Waals surface area contributed by atoms with Crippen LogP contribution < -0.4 is 0 Å². The Morgan fingerprint density at radius 2 is 1.71 bits per heavy atom. The highest BCUT2D eigenvalue weighted by Gasteiger charge is 2.19. The van der Waals surface area contributed by atoms with Crippen LogP contribution in [0.1, 0.15) is 12.8 Å². The zero-order valence-corrected chi connectivity index (χ0v) is 9.94. The van der Waals surface area contributed by atoms with E-state index in [-0.39, 0.29) is 18.7 Å². The van der Waals surface area contributed by atoms with Crippen molar-refractivity contribution in [3.05, 3.63) is 0 Å². The van der Waals surface area contributed by atoms with E-state index in [1.165, 1.54) is 0 Å². The largest absolute Gasteiger partial charge is 0.481 e. The SMILES string of the molecule is O=C(O)CCC(=O)N1CCN(I)CC1. The molecule has 80 valence electrons. The fraction of sp³-hybridized carbons (Fsp3) is 0.750. The Morgan fingerprint density at radius 1 is 1.14 bits per heavy atom. The van der Waals surface area contributed by atoms with E-state index in [2.05, 4.69) is 26.0 Å². The molecule has 0 aromatic carbocycles. The maximum absolute atomic E-state index is 11.5. The van der Waals surface area contributed by atoms with Gasteiger partial charge in [-0.2, -0.15) is 0 Å². The van der Waals surface area contributed by atoms with Gasteiger partial charge in [0.1, 0.15) is 0 Å². The lowest BCUT2D eigenvalue weighted by Crippen LogP contribution is -2.45. The summed E-state index contributed by atoms with van der Waals surface area (Å²) >= 11 is 2.22. The molecule has 0 spiro atoms. The molecule has 1 rings (SSSR count). The number of carbonyl (C=O) groups is 2. The standard InChI is InChI=1S/C8H13IN2O3/c9-11-5-3-10(4-6-11)7(12)1-2-8(13)14/h1-6H2,(H,13,14). The summed E-state index contributed by atoms with van der Waals surface area (Å²) in [7, 11) is 0. The van der Waals surface area contributed by atoms with Gasteiger partial charge in [-0.3, -0.25) is 9.59 Å². The molecule has 14 heavy (non-hydrogen) atoms. The average Bonchev–Trinajstić information content (AvgIpc) is 2.15. The number of piperazine rings is 1. The first-order chi connectivity index (χ1) is 6.59. The Bertz CT molecular complexity index is 227. The molecule has 0 aromatic heterocycles. The summed E-state index contributed by atoms with van der Waals surface area (Å²) in [5, 5.41) is 8.42. The van der Waals surface area contributed by atoms with Crippen LogP contribution in [0.3, 0.4) is 0 Å². The van der Waals surface area contributed by atoms with Crippen LogP contribution in [0.4, 0.5) is 0 Å². The first-order valence-electron chi connectivity index (χ1n) is 4.50. The number of amides is 1. The second kappa shape index (κ2) is 5.50. The van der Waals surface area contributed by atoms with Gasteiger partial charge in [-0.15, -0.1) is 0 Å². The normalized spacial score (nSPS) is 18.2. The molecule has 0 aromatic rings. The lowest BCUT2D eigenvalue weighted by Gasteiger charge is -2.31. The number of aliphatic carboxylic acids is 1. The molecule has 0 bridgehead atoms. The van der Waals surface area contributed by atoms with Gasteiger partial charge in [0.05, 0.1) is 6.42 Å². The fourth-order valence-corrected chi connectivity index (χ4v) is 1.73. The number of carbonyl (C=O) groups excluding carboxylic acids is 1. The topological polar surface area (TPSA) is 60.9 Å². The van der Waals surface area contributed by atoms with Crippen molar-refractivity contribution < 1.29 is 14.7 Å². The van der Waals surface area contributed by atoms with E-state index >= 15 is 0 Å². The summed E-state index contributed by atoms with van der Waals surface area (Å²) in [6.07, 6.45) is 0.0554. The van der Waals surface area contributed by atoms with Crippen LogP contribution >= 0.6 is 22.9 Å². The molecular weight excluding hydrogens is 299 g/mol. The first-order valence-corrected chi connectivity index (χ1v) is 5.46. The molecule has 1 fully saturated rings. The van der Waals surface area contributed by atoms with E-state index in [0.29, 0.717) is 13.1 Å². The minimum atomic E-state index is -0.911. The van der Waals surface area contributed by atoms with Gasteiger partial charge in [-0.05, 0) is 0 Å². The van der Waals surface area contributed by atoms with Crippen molar-refractivity contribution in [3.8, 4) is 0 Å². The lowest BCUT2D eigenvalue weighted by molar-refractivity contribution is -0.141. The third-order valence-electron chi connectivity index (χ3n) is 2.13. The number of hydrogen-bond acceptors (Lipinski definition) is 3. The molecule has 0 unspecified atom stereocenters. The highest BCUT2D eigenvalue weighted by Crippen LogP contribution is 2.08. The Labute approximate surface area is 96.5 Å². The van der Waals surface area contributed by atoms with Crippen LogP contribution in [0.5, 0.6) is 0 Å². The highest BCUT2D eigenvalue weighted by atomic mass is 127. The van der Waals surface area contributed by atoms with Crippen LogP contribution in [-0.4, -0.2) is 51.2 Å². The molecule has 0 atom stereocenters. The summed E-state index contributed by atoms with van der Waals surface area (Å²) in [4.78, 5) is 23.4. The van der Waals surface area contributed by atoms with Gasteiger partial charge in [-0.25, -0.2) is 3.11 Å². The predicted molar refractivity (Wildman–Crippen MR) is 59.0 cm³/mol. The molecular formula is C8H13IN2O3. The number of nitrogens with zero attached hydrogens (tertiary/aromatic N) is 2. The number of halogens is 1. The molecule has 0 saturated carbocycles. The van der Waals surface area contributed by atoms with Crippen molar-refractivity contribution in [1.82, 2.24) is 8.01 Å². The van der Waals surface area contributed by atoms with Crippen molar-refractivity contribution in [2.75, 3.05) is 26.2 Å². The highest BCUT2D eigenvalue weighted by molar-refractivity contribution is 14.1. The van der Waals surface area contributed by atoms with Gasteiger partial charge in [0.25, 0.3) is 0 Å². The first kappa shape index (κ1) is 11.7. The molecule has 1 aliphatic rings. The van der Waals surface area contributed by atoms with E-state index in [0.717, 1.165) is 13.1 Å². The quantitative estimate of drug-likeness (QED) is 0.603. The van der Waals surface area contributed by atoms with Gasteiger partial charge >= 0.3 is 5.97 Å². The van der Waals surface area contributed by atoms with Crippen LogP contribution in [0.2, 0.25) is 0 Å². The number of rotatable bonds is 3. The molecule has 0 radical (unpaired) electrons. The van der Waals surface area contributed by atoms with Crippen LogP contribution in [-0.2, 0) is 9.59 Å². The Morgan fingerprint density at radius 3 is 2.21 bits per heavy atom. The van der Waals surface area contributed by atoms with Gasteiger partial charge < -0.3 is 10.0 Å². The zero-order chi connectivity index (χ0) is 10.6. The third-order valence-corrected chi connectivity index (χ3v) is 3.10. The molecule has 6 heteroatoms. The van der Waals surface area contributed by atoms with Crippen LogP contribution in [0.15, 0.2) is 0 Å². The summed E-state index contributed by atoms with van der Waals surface area (Å²) in [6, 6.07) is 0. The van der Waals surface area contributed by atoms with Crippen molar-refractivity contribution in [3.63, 3.8) is 0 Å². The van der Waals surface area contributed by atoms with Gasteiger partial charge in [0.15, 0.2) is 0 Å². The van der Waals surface area contributed by atoms with Crippen molar-refractivity contribution >= 4 is 34.7 Å². The smallest absolute Gasteiger partial charge is 0.303 e. The second-order valence-electron chi connectivity index (χ2n) is 3.18. The van der Waals surface area contributed by atoms with E-state index in [4.69, 9.17) is 5.11 Å². The number of carboxylic acids is 1. The maximum atomic E-state index is 11.5.